The zero-order chi connectivity index (χ0) is 23.4. The molecule has 0 spiro atoms. The van der Waals surface area contributed by atoms with Gasteiger partial charge in [0.1, 0.15) is 5.69 Å². The summed E-state index contributed by atoms with van der Waals surface area (Å²) in [6.07, 6.45) is 1.42. The molecule has 10 heteroatoms. The number of carbonyl (C=O) groups is 1. The third kappa shape index (κ3) is 4.82. The van der Waals surface area contributed by atoms with Gasteiger partial charge in [0.05, 0.1) is 46.7 Å². The molecule has 0 atom stereocenters. The van der Waals surface area contributed by atoms with E-state index in [9.17, 15) is 13.2 Å². The lowest BCUT2D eigenvalue weighted by atomic mass is 10.2. The van der Waals surface area contributed by atoms with Crippen molar-refractivity contribution in [1.82, 2.24) is 14.3 Å². The second kappa shape index (κ2) is 9.82. The van der Waals surface area contributed by atoms with Crippen LogP contribution in [-0.2, 0) is 14.8 Å². The first-order valence-electron chi connectivity index (χ1n) is 10.9. The van der Waals surface area contributed by atoms with Crippen LogP contribution in [0.15, 0.2) is 53.6 Å². The Hall–Kier alpha value is -3.08. The number of para-hydroxylation sites is 2. The molecule has 1 N–H and O–H groups in total. The normalized spacial score (nSPS) is 14.8. The van der Waals surface area contributed by atoms with E-state index in [-0.39, 0.29) is 10.6 Å². The number of carbonyl (C=O) groups excluding carboxylic acids is 1. The zero-order valence-electron chi connectivity index (χ0n) is 18.7. The van der Waals surface area contributed by atoms with E-state index in [1.54, 1.807) is 18.2 Å². The second-order valence-electron chi connectivity index (χ2n) is 7.57. The number of hydrogen-bond donors (Lipinski definition) is 1. The van der Waals surface area contributed by atoms with Gasteiger partial charge in [-0.1, -0.05) is 12.1 Å². The molecule has 0 saturated carbocycles. The zero-order valence-corrected chi connectivity index (χ0v) is 19.5. The summed E-state index contributed by atoms with van der Waals surface area (Å²) in [7, 11) is -3.71. The molecule has 1 fully saturated rings. The first-order chi connectivity index (χ1) is 15.9. The van der Waals surface area contributed by atoms with Crippen molar-refractivity contribution in [2.24, 2.45) is 0 Å². The number of amides is 1. The lowest BCUT2D eigenvalue weighted by Crippen LogP contribution is -2.40. The molecule has 4 rings (SSSR count). The Morgan fingerprint density at radius 1 is 1.09 bits per heavy atom. The number of aromatic nitrogens is 2. The summed E-state index contributed by atoms with van der Waals surface area (Å²) in [6.45, 7) is 6.73. The highest BCUT2D eigenvalue weighted by molar-refractivity contribution is 7.89. The molecule has 0 aliphatic carbocycles. The summed E-state index contributed by atoms with van der Waals surface area (Å²) in [5.41, 5.74) is 2.60. The van der Waals surface area contributed by atoms with Crippen molar-refractivity contribution >= 4 is 38.3 Å². The van der Waals surface area contributed by atoms with Gasteiger partial charge in [0.25, 0.3) is 5.91 Å². The number of sulfonamides is 1. The Labute approximate surface area is 193 Å². The molecule has 2 aromatic carbocycles. The first-order valence-corrected chi connectivity index (χ1v) is 12.4. The third-order valence-corrected chi connectivity index (χ3v) is 7.50. The first kappa shape index (κ1) is 23.1. The monoisotopic (exact) mass is 469 g/mol. The van der Waals surface area contributed by atoms with Crippen LogP contribution in [0.2, 0.25) is 0 Å². The summed E-state index contributed by atoms with van der Waals surface area (Å²) < 4.78 is 33.1. The Kier molecular flexibility index (Phi) is 6.87. The number of rotatable bonds is 7. The van der Waals surface area contributed by atoms with E-state index >= 15 is 0 Å². The van der Waals surface area contributed by atoms with Crippen molar-refractivity contribution in [2.75, 3.05) is 49.6 Å². The SMILES string of the molecule is CCN(CC)c1ccc(S(=O)(=O)N2CCOCC2)cc1NC(=O)c1cnc2ccccc2n1. The summed E-state index contributed by atoms with van der Waals surface area (Å²) in [5, 5.41) is 2.87. The minimum atomic E-state index is -3.71. The van der Waals surface area contributed by atoms with Gasteiger partial charge in [0.2, 0.25) is 10.0 Å². The standard InChI is InChI=1S/C23H27N5O4S/c1-3-27(4-2)22-10-9-17(33(30,31)28-11-13-32-14-12-28)15-20(22)26-23(29)21-16-24-18-7-5-6-8-19(18)25-21/h5-10,15-16H,3-4,11-14H2,1-2H3,(H,26,29). The fourth-order valence-corrected chi connectivity index (χ4v) is 5.24. The van der Waals surface area contributed by atoms with Crippen molar-refractivity contribution in [3.8, 4) is 0 Å². The summed E-state index contributed by atoms with van der Waals surface area (Å²) >= 11 is 0. The van der Waals surface area contributed by atoms with Crippen LogP contribution < -0.4 is 10.2 Å². The molecule has 0 radical (unpaired) electrons. The molecule has 1 amide bonds. The van der Waals surface area contributed by atoms with E-state index in [0.29, 0.717) is 56.1 Å². The molecule has 3 aromatic rings. The molecule has 174 valence electrons. The molecule has 0 bridgehead atoms. The van der Waals surface area contributed by atoms with Crippen molar-refractivity contribution in [1.29, 1.82) is 0 Å². The lowest BCUT2D eigenvalue weighted by Gasteiger charge is -2.28. The third-order valence-electron chi connectivity index (χ3n) is 5.61. The van der Waals surface area contributed by atoms with Crippen LogP contribution in [0.5, 0.6) is 0 Å². The fraction of sp³-hybridized carbons (Fsp3) is 0.348. The van der Waals surface area contributed by atoms with Crippen molar-refractivity contribution < 1.29 is 17.9 Å². The van der Waals surface area contributed by atoms with Gasteiger partial charge in [-0.2, -0.15) is 4.31 Å². The maximum Gasteiger partial charge on any atom is 0.275 e. The molecular formula is C23H27N5O4S. The van der Waals surface area contributed by atoms with Gasteiger partial charge in [0, 0.05) is 26.2 Å². The van der Waals surface area contributed by atoms with Gasteiger partial charge in [-0.3, -0.25) is 9.78 Å². The van der Waals surface area contributed by atoms with Gasteiger partial charge in [-0.15, -0.1) is 0 Å². The van der Waals surface area contributed by atoms with Crippen LogP contribution in [0, 0.1) is 0 Å². The average molecular weight is 470 g/mol. The molecule has 33 heavy (non-hydrogen) atoms. The molecule has 1 aliphatic rings. The van der Waals surface area contributed by atoms with Crippen LogP contribution >= 0.6 is 0 Å². The minimum absolute atomic E-state index is 0.125. The van der Waals surface area contributed by atoms with E-state index in [1.165, 1.54) is 16.6 Å². The minimum Gasteiger partial charge on any atom is -0.379 e. The maximum atomic E-state index is 13.2. The molecule has 1 saturated heterocycles. The van der Waals surface area contributed by atoms with Crippen LogP contribution in [-0.4, -0.2) is 68.0 Å². The van der Waals surface area contributed by atoms with Crippen LogP contribution in [0.25, 0.3) is 11.0 Å². The van der Waals surface area contributed by atoms with E-state index in [1.807, 2.05) is 36.9 Å². The Balaban J connectivity index is 1.70. The molecule has 1 aromatic heterocycles. The van der Waals surface area contributed by atoms with Gasteiger partial charge in [-0.05, 0) is 44.2 Å². The largest absolute Gasteiger partial charge is 0.379 e. The van der Waals surface area contributed by atoms with Crippen LogP contribution in [0.4, 0.5) is 11.4 Å². The number of ether oxygens (including phenoxy) is 1. The van der Waals surface area contributed by atoms with Gasteiger partial charge >= 0.3 is 0 Å². The smallest absolute Gasteiger partial charge is 0.275 e. The topological polar surface area (TPSA) is 105 Å². The number of anilines is 2. The quantitative estimate of drug-likeness (QED) is 0.567. The van der Waals surface area contributed by atoms with Crippen molar-refractivity contribution in [3.63, 3.8) is 0 Å². The molecule has 2 heterocycles. The molecule has 1 aliphatic heterocycles. The Bertz CT molecular complexity index is 1250. The number of nitrogens with one attached hydrogen (secondary N) is 1. The maximum absolute atomic E-state index is 13.2. The predicted molar refractivity (Wildman–Crippen MR) is 127 cm³/mol. The number of benzene rings is 2. The fourth-order valence-electron chi connectivity index (χ4n) is 3.80. The second-order valence-corrected chi connectivity index (χ2v) is 9.50. The number of hydrogen-bond acceptors (Lipinski definition) is 7. The highest BCUT2D eigenvalue weighted by Gasteiger charge is 2.27. The highest BCUT2D eigenvalue weighted by Crippen LogP contribution is 2.31. The molecule has 0 unspecified atom stereocenters. The highest BCUT2D eigenvalue weighted by atomic mass is 32.2. The number of morpholine rings is 1. The number of nitrogens with zero attached hydrogens (tertiary/aromatic N) is 4. The van der Waals surface area contributed by atoms with E-state index in [4.69, 9.17) is 4.74 Å². The van der Waals surface area contributed by atoms with Crippen LogP contribution in [0.1, 0.15) is 24.3 Å². The molecular weight excluding hydrogens is 442 g/mol. The van der Waals surface area contributed by atoms with Gasteiger partial charge in [-0.25, -0.2) is 13.4 Å². The molecule has 9 nitrogen and oxygen atoms in total. The van der Waals surface area contributed by atoms with Crippen molar-refractivity contribution in [2.45, 2.75) is 18.7 Å². The van der Waals surface area contributed by atoms with E-state index in [2.05, 4.69) is 15.3 Å². The van der Waals surface area contributed by atoms with E-state index in [0.717, 1.165) is 5.69 Å². The van der Waals surface area contributed by atoms with E-state index < -0.39 is 15.9 Å². The summed E-state index contributed by atoms with van der Waals surface area (Å²) in [4.78, 5) is 23.9. The predicted octanol–water partition coefficient (Wildman–Crippen LogP) is 2.75. The Morgan fingerprint density at radius 3 is 2.48 bits per heavy atom. The van der Waals surface area contributed by atoms with Gasteiger partial charge < -0.3 is 15.0 Å². The number of fused-ring (bicyclic) bond motifs is 1. The summed E-state index contributed by atoms with van der Waals surface area (Å²) in [5.74, 6) is -0.456. The van der Waals surface area contributed by atoms with Crippen molar-refractivity contribution in [3.05, 3.63) is 54.4 Å². The Morgan fingerprint density at radius 2 is 1.79 bits per heavy atom. The average Bonchev–Trinajstić information content (AvgIpc) is 2.85. The van der Waals surface area contributed by atoms with Crippen LogP contribution in [0.3, 0.4) is 0 Å². The summed E-state index contributed by atoms with van der Waals surface area (Å²) in [6, 6.07) is 12.1. The van der Waals surface area contributed by atoms with Gasteiger partial charge in [0.15, 0.2) is 0 Å². The lowest BCUT2D eigenvalue weighted by molar-refractivity contribution is 0.0730.